The van der Waals surface area contributed by atoms with Crippen LogP contribution in [0.1, 0.15) is 24.2 Å². The third-order valence-electron chi connectivity index (χ3n) is 3.06. The highest BCUT2D eigenvalue weighted by molar-refractivity contribution is 7.89. The Labute approximate surface area is 130 Å². The van der Waals surface area contributed by atoms with Gasteiger partial charge < -0.3 is 10.1 Å². The minimum atomic E-state index is -3.89. The van der Waals surface area contributed by atoms with Gasteiger partial charge in [0.15, 0.2) is 0 Å². The predicted octanol–water partition coefficient (Wildman–Crippen LogP) is 0.522. The number of benzene rings is 1. The van der Waals surface area contributed by atoms with Crippen LogP contribution in [-0.4, -0.2) is 40.5 Å². The second-order valence-corrected chi connectivity index (χ2v) is 6.68. The smallest absolute Gasteiger partial charge is 0.324 e. The van der Waals surface area contributed by atoms with Crippen LogP contribution in [0.15, 0.2) is 29.2 Å². The second-order valence-electron chi connectivity index (χ2n) is 4.97. The number of hydrogen-bond donors (Lipinski definition) is 2. The first-order valence-corrected chi connectivity index (χ1v) is 8.13. The van der Waals surface area contributed by atoms with Crippen LogP contribution in [0.5, 0.6) is 0 Å². The van der Waals surface area contributed by atoms with Gasteiger partial charge in [0.1, 0.15) is 6.04 Å². The fourth-order valence-corrected chi connectivity index (χ4v) is 3.08. The highest BCUT2D eigenvalue weighted by Gasteiger charge is 2.29. The summed E-state index contributed by atoms with van der Waals surface area (Å²) >= 11 is 0. The Morgan fingerprint density at radius 2 is 1.68 bits per heavy atom. The van der Waals surface area contributed by atoms with Crippen molar-refractivity contribution >= 4 is 21.9 Å². The highest BCUT2D eigenvalue weighted by atomic mass is 32.2. The number of methoxy groups -OCH3 is 1. The van der Waals surface area contributed by atoms with Crippen LogP contribution in [0.3, 0.4) is 0 Å². The zero-order chi connectivity index (χ0) is 16.9. The van der Waals surface area contributed by atoms with Crippen molar-refractivity contribution in [1.29, 1.82) is 0 Å². The van der Waals surface area contributed by atoms with Gasteiger partial charge in [0.05, 0.1) is 12.0 Å². The average molecular weight is 328 g/mol. The fourth-order valence-electron chi connectivity index (χ4n) is 1.75. The lowest BCUT2D eigenvalue weighted by atomic mass is 10.1. The Balaban J connectivity index is 3.03. The number of ether oxygens (including phenoxy) is 1. The molecule has 22 heavy (non-hydrogen) atoms. The Bertz CT molecular complexity index is 638. The van der Waals surface area contributed by atoms with E-state index in [2.05, 4.69) is 14.8 Å². The van der Waals surface area contributed by atoms with E-state index in [1.54, 1.807) is 13.8 Å². The lowest BCUT2D eigenvalue weighted by molar-refractivity contribution is -0.143. The summed E-state index contributed by atoms with van der Waals surface area (Å²) in [5.74, 6) is -1.24. The molecule has 7 nitrogen and oxygen atoms in total. The van der Waals surface area contributed by atoms with Gasteiger partial charge in [-0.1, -0.05) is 13.8 Å². The second kappa shape index (κ2) is 7.37. The molecular formula is C14H20N2O5S. The zero-order valence-electron chi connectivity index (χ0n) is 12.9. The molecule has 0 fully saturated rings. The van der Waals surface area contributed by atoms with Crippen molar-refractivity contribution < 1.29 is 22.7 Å². The zero-order valence-corrected chi connectivity index (χ0v) is 13.7. The van der Waals surface area contributed by atoms with Crippen LogP contribution in [0, 0.1) is 5.92 Å². The Kier molecular flexibility index (Phi) is 6.07. The van der Waals surface area contributed by atoms with Crippen molar-refractivity contribution in [3.63, 3.8) is 0 Å². The third-order valence-corrected chi connectivity index (χ3v) is 4.51. The van der Waals surface area contributed by atoms with E-state index in [-0.39, 0.29) is 16.7 Å². The molecule has 1 aromatic rings. The lowest BCUT2D eigenvalue weighted by Crippen LogP contribution is -2.44. The van der Waals surface area contributed by atoms with Crippen LogP contribution >= 0.6 is 0 Å². The van der Waals surface area contributed by atoms with Crippen LogP contribution in [-0.2, 0) is 19.6 Å². The van der Waals surface area contributed by atoms with Crippen molar-refractivity contribution in [2.24, 2.45) is 5.92 Å². The molecule has 1 atom stereocenters. The monoisotopic (exact) mass is 328 g/mol. The highest BCUT2D eigenvalue weighted by Crippen LogP contribution is 2.14. The predicted molar refractivity (Wildman–Crippen MR) is 80.8 cm³/mol. The normalized spacial score (nSPS) is 12.8. The maximum absolute atomic E-state index is 12.3. The van der Waals surface area contributed by atoms with Crippen molar-refractivity contribution in [3.8, 4) is 0 Å². The molecule has 0 spiro atoms. The molecule has 1 unspecified atom stereocenters. The van der Waals surface area contributed by atoms with Gasteiger partial charge in [-0.15, -0.1) is 0 Å². The summed E-state index contributed by atoms with van der Waals surface area (Å²) in [6.07, 6.45) is 0. The van der Waals surface area contributed by atoms with Crippen molar-refractivity contribution in [3.05, 3.63) is 29.8 Å². The van der Waals surface area contributed by atoms with E-state index in [0.29, 0.717) is 5.56 Å². The molecule has 0 bridgehead atoms. The summed E-state index contributed by atoms with van der Waals surface area (Å²) in [5, 5.41) is 2.44. The van der Waals surface area contributed by atoms with Gasteiger partial charge in [-0.05, 0) is 30.2 Å². The molecule has 0 heterocycles. The third kappa shape index (κ3) is 4.28. The number of rotatable bonds is 6. The molecular weight excluding hydrogens is 308 g/mol. The summed E-state index contributed by atoms with van der Waals surface area (Å²) in [7, 11) is -1.21. The number of esters is 1. The maximum Gasteiger partial charge on any atom is 0.324 e. The van der Waals surface area contributed by atoms with E-state index in [0.717, 1.165) is 0 Å². The quantitative estimate of drug-likeness (QED) is 0.741. The molecule has 1 rings (SSSR count). The van der Waals surface area contributed by atoms with Crippen LogP contribution in [0.25, 0.3) is 0 Å². The SMILES string of the molecule is CNC(=O)c1ccc(S(=O)(=O)NC(C(=O)OC)C(C)C)cc1. The molecule has 2 N–H and O–H groups in total. The molecule has 8 heteroatoms. The van der Waals surface area contributed by atoms with Crippen molar-refractivity contribution in [1.82, 2.24) is 10.0 Å². The number of carbonyl (C=O) groups is 2. The molecule has 1 aromatic carbocycles. The minimum Gasteiger partial charge on any atom is -0.468 e. The Morgan fingerprint density at radius 1 is 1.14 bits per heavy atom. The summed E-state index contributed by atoms with van der Waals surface area (Å²) in [6, 6.07) is 4.43. The molecule has 0 saturated carbocycles. The largest absolute Gasteiger partial charge is 0.468 e. The van der Waals surface area contributed by atoms with Crippen LogP contribution < -0.4 is 10.0 Å². The molecule has 0 aliphatic carbocycles. The van der Waals surface area contributed by atoms with Gasteiger partial charge in [0, 0.05) is 12.6 Å². The van der Waals surface area contributed by atoms with E-state index in [9.17, 15) is 18.0 Å². The number of sulfonamides is 1. The summed E-state index contributed by atoms with van der Waals surface area (Å²) in [6.45, 7) is 3.41. The molecule has 1 amide bonds. The first-order chi connectivity index (χ1) is 10.2. The van der Waals surface area contributed by atoms with Gasteiger partial charge >= 0.3 is 5.97 Å². The Morgan fingerprint density at radius 3 is 2.09 bits per heavy atom. The first kappa shape index (κ1) is 18.1. The minimum absolute atomic E-state index is 0.0327. The van der Waals surface area contributed by atoms with E-state index < -0.39 is 22.0 Å². The van der Waals surface area contributed by atoms with E-state index in [1.807, 2.05) is 0 Å². The van der Waals surface area contributed by atoms with Crippen LogP contribution in [0.4, 0.5) is 0 Å². The molecule has 0 aliphatic rings. The number of amides is 1. The molecule has 0 saturated heterocycles. The summed E-state index contributed by atoms with van der Waals surface area (Å²) < 4.78 is 31.5. The van der Waals surface area contributed by atoms with Gasteiger partial charge in [0.2, 0.25) is 10.0 Å². The van der Waals surface area contributed by atoms with Gasteiger partial charge in [0.25, 0.3) is 5.91 Å². The summed E-state index contributed by atoms with van der Waals surface area (Å²) in [4.78, 5) is 23.0. The lowest BCUT2D eigenvalue weighted by Gasteiger charge is -2.19. The van der Waals surface area contributed by atoms with Gasteiger partial charge in [-0.2, -0.15) is 4.72 Å². The van der Waals surface area contributed by atoms with E-state index in [1.165, 1.54) is 38.4 Å². The average Bonchev–Trinajstić information content (AvgIpc) is 2.51. The topological polar surface area (TPSA) is 102 Å². The van der Waals surface area contributed by atoms with Crippen LogP contribution in [0.2, 0.25) is 0 Å². The van der Waals surface area contributed by atoms with Gasteiger partial charge in [-0.3, -0.25) is 9.59 Å². The summed E-state index contributed by atoms with van der Waals surface area (Å²) in [5.41, 5.74) is 0.342. The van der Waals surface area contributed by atoms with E-state index >= 15 is 0 Å². The first-order valence-electron chi connectivity index (χ1n) is 6.65. The number of carbonyl (C=O) groups excluding carboxylic acids is 2. The molecule has 122 valence electrons. The van der Waals surface area contributed by atoms with Crippen molar-refractivity contribution in [2.75, 3.05) is 14.2 Å². The number of nitrogens with one attached hydrogen (secondary N) is 2. The molecule has 0 aliphatic heterocycles. The molecule has 0 aromatic heterocycles. The van der Waals surface area contributed by atoms with Crippen molar-refractivity contribution in [2.45, 2.75) is 24.8 Å². The molecule has 0 radical (unpaired) electrons. The standard InChI is InChI=1S/C14H20N2O5S/c1-9(2)12(14(18)21-4)16-22(19,20)11-7-5-10(6-8-11)13(17)15-3/h5-9,12,16H,1-4H3,(H,15,17). The Hall–Kier alpha value is -1.93. The fraction of sp³-hybridized carbons (Fsp3) is 0.429. The van der Waals surface area contributed by atoms with E-state index in [4.69, 9.17) is 0 Å². The number of hydrogen-bond acceptors (Lipinski definition) is 5. The van der Waals surface area contributed by atoms with Gasteiger partial charge in [-0.25, -0.2) is 8.42 Å². The maximum atomic E-state index is 12.3.